The number of piperidine rings is 1. The van der Waals surface area contributed by atoms with Crippen LogP contribution >= 0.6 is 15.9 Å². The van der Waals surface area contributed by atoms with Crippen LogP contribution in [-0.4, -0.2) is 39.7 Å². The van der Waals surface area contributed by atoms with Gasteiger partial charge in [0, 0.05) is 25.3 Å². The number of aromatic nitrogens is 2. The van der Waals surface area contributed by atoms with E-state index in [4.69, 9.17) is 5.73 Å². The molecule has 2 heterocycles. The van der Waals surface area contributed by atoms with Crippen molar-refractivity contribution in [3.63, 3.8) is 0 Å². The molecule has 100 valence electrons. The molecule has 1 unspecified atom stereocenters. The van der Waals surface area contributed by atoms with Gasteiger partial charge in [-0.25, -0.2) is 0 Å². The molecule has 1 aliphatic heterocycles. The SMILES string of the molecule is CC1(C)CN(C(=O)Cn2cc(Br)cn2)CCC1N. The van der Waals surface area contributed by atoms with Gasteiger partial charge in [0.05, 0.1) is 10.7 Å². The smallest absolute Gasteiger partial charge is 0.244 e. The van der Waals surface area contributed by atoms with Crippen LogP contribution in [0.25, 0.3) is 0 Å². The van der Waals surface area contributed by atoms with Gasteiger partial charge >= 0.3 is 0 Å². The fourth-order valence-corrected chi connectivity index (χ4v) is 2.58. The van der Waals surface area contributed by atoms with Crippen LogP contribution in [0, 0.1) is 5.41 Å². The lowest BCUT2D eigenvalue weighted by molar-refractivity contribution is -0.135. The van der Waals surface area contributed by atoms with E-state index >= 15 is 0 Å². The Morgan fingerprint density at radius 2 is 2.39 bits per heavy atom. The van der Waals surface area contributed by atoms with Gasteiger partial charge in [-0.3, -0.25) is 9.48 Å². The van der Waals surface area contributed by atoms with E-state index < -0.39 is 0 Å². The van der Waals surface area contributed by atoms with Crippen LogP contribution in [0.3, 0.4) is 0 Å². The quantitative estimate of drug-likeness (QED) is 0.893. The van der Waals surface area contributed by atoms with Gasteiger partial charge in [0.1, 0.15) is 6.54 Å². The van der Waals surface area contributed by atoms with E-state index in [1.54, 1.807) is 17.1 Å². The minimum atomic E-state index is -0.0153. The molecule has 1 aromatic rings. The minimum absolute atomic E-state index is 0.0153. The summed E-state index contributed by atoms with van der Waals surface area (Å²) in [6, 6.07) is 0.167. The number of carbonyl (C=O) groups excluding carboxylic acids is 1. The molecule has 1 amide bonds. The van der Waals surface area contributed by atoms with Crippen LogP contribution in [0.5, 0.6) is 0 Å². The van der Waals surface area contributed by atoms with Crippen molar-refractivity contribution in [3.8, 4) is 0 Å². The maximum Gasteiger partial charge on any atom is 0.244 e. The van der Waals surface area contributed by atoms with E-state index in [2.05, 4.69) is 34.9 Å². The van der Waals surface area contributed by atoms with Crippen molar-refractivity contribution < 1.29 is 4.79 Å². The molecule has 0 spiro atoms. The molecule has 1 atom stereocenters. The number of carbonyl (C=O) groups is 1. The number of nitrogens with two attached hydrogens (primary N) is 1. The van der Waals surface area contributed by atoms with E-state index in [0.29, 0.717) is 0 Å². The van der Waals surface area contributed by atoms with Crippen molar-refractivity contribution in [3.05, 3.63) is 16.9 Å². The fourth-order valence-electron chi connectivity index (χ4n) is 2.25. The molecule has 0 saturated carbocycles. The Hall–Kier alpha value is -0.880. The topological polar surface area (TPSA) is 64.2 Å². The Balaban J connectivity index is 1.98. The summed E-state index contributed by atoms with van der Waals surface area (Å²) in [6.45, 7) is 5.97. The molecule has 2 N–H and O–H groups in total. The lowest BCUT2D eigenvalue weighted by Gasteiger charge is -2.42. The fraction of sp³-hybridized carbons (Fsp3) is 0.667. The molecular formula is C12H19BrN4O. The third kappa shape index (κ3) is 2.92. The summed E-state index contributed by atoms with van der Waals surface area (Å²) < 4.78 is 2.53. The predicted molar refractivity (Wildman–Crippen MR) is 72.9 cm³/mol. The zero-order valence-electron chi connectivity index (χ0n) is 10.8. The van der Waals surface area contributed by atoms with E-state index in [1.807, 2.05) is 4.90 Å². The number of likely N-dealkylation sites (tertiary alicyclic amines) is 1. The third-order valence-electron chi connectivity index (χ3n) is 3.56. The summed E-state index contributed by atoms with van der Waals surface area (Å²) in [7, 11) is 0. The first kappa shape index (κ1) is 13.5. The molecule has 1 aromatic heterocycles. The number of amides is 1. The molecule has 0 aliphatic carbocycles. The standard InChI is InChI=1S/C12H19BrN4O/c1-12(2)8-16(4-3-10(12)14)11(18)7-17-6-9(13)5-15-17/h5-6,10H,3-4,7-8,14H2,1-2H3. The van der Waals surface area contributed by atoms with Crippen molar-refractivity contribution >= 4 is 21.8 Å². The first-order valence-corrected chi connectivity index (χ1v) is 6.89. The van der Waals surface area contributed by atoms with E-state index in [-0.39, 0.29) is 23.9 Å². The first-order chi connectivity index (χ1) is 8.38. The monoisotopic (exact) mass is 314 g/mol. The normalized spacial score (nSPS) is 23.1. The zero-order valence-corrected chi connectivity index (χ0v) is 12.4. The summed E-state index contributed by atoms with van der Waals surface area (Å²) in [5.41, 5.74) is 6.05. The first-order valence-electron chi connectivity index (χ1n) is 6.10. The number of nitrogens with zero attached hydrogens (tertiary/aromatic N) is 3. The van der Waals surface area contributed by atoms with Gasteiger partial charge in [-0.2, -0.15) is 5.10 Å². The molecule has 0 aromatic carbocycles. The highest BCUT2D eigenvalue weighted by molar-refractivity contribution is 9.10. The van der Waals surface area contributed by atoms with Crippen molar-refractivity contribution in [2.45, 2.75) is 32.9 Å². The van der Waals surface area contributed by atoms with Gasteiger partial charge in [0.25, 0.3) is 0 Å². The number of halogens is 1. The van der Waals surface area contributed by atoms with Crippen LogP contribution in [0.1, 0.15) is 20.3 Å². The second-order valence-electron chi connectivity index (χ2n) is 5.56. The molecule has 0 radical (unpaired) electrons. The second-order valence-corrected chi connectivity index (χ2v) is 6.47. The molecule has 1 fully saturated rings. The highest BCUT2D eigenvalue weighted by atomic mass is 79.9. The summed E-state index contributed by atoms with van der Waals surface area (Å²) in [4.78, 5) is 14.1. The van der Waals surface area contributed by atoms with Gasteiger partial charge < -0.3 is 10.6 Å². The zero-order chi connectivity index (χ0) is 13.3. The van der Waals surface area contributed by atoms with Crippen LogP contribution in [0.4, 0.5) is 0 Å². The molecule has 1 aliphatic rings. The van der Waals surface area contributed by atoms with E-state index in [0.717, 1.165) is 24.0 Å². The Morgan fingerprint density at radius 1 is 1.67 bits per heavy atom. The highest BCUT2D eigenvalue weighted by Gasteiger charge is 2.35. The summed E-state index contributed by atoms with van der Waals surface area (Å²) >= 11 is 3.32. The van der Waals surface area contributed by atoms with Crippen LogP contribution in [0.2, 0.25) is 0 Å². The minimum Gasteiger partial charge on any atom is -0.340 e. The van der Waals surface area contributed by atoms with Gasteiger partial charge in [0.15, 0.2) is 0 Å². The lowest BCUT2D eigenvalue weighted by Crippen LogP contribution is -2.54. The Morgan fingerprint density at radius 3 is 2.94 bits per heavy atom. The molecule has 6 heteroatoms. The van der Waals surface area contributed by atoms with Crippen molar-refractivity contribution in [1.82, 2.24) is 14.7 Å². The van der Waals surface area contributed by atoms with Crippen molar-refractivity contribution in [2.24, 2.45) is 11.1 Å². The van der Waals surface area contributed by atoms with Crippen LogP contribution < -0.4 is 5.73 Å². The summed E-state index contributed by atoms with van der Waals surface area (Å²) in [5, 5.41) is 4.10. The van der Waals surface area contributed by atoms with Crippen molar-refractivity contribution in [2.75, 3.05) is 13.1 Å². The molecule has 0 bridgehead atoms. The molecular weight excluding hydrogens is 296 g/mol. The Labute approximate surface area is 115 Å². The van der Waals surface area contributed by atoms with E-state index in [9.17, 15) is 4.79 Å². The number of hydrogen-bond acceptors (Lipinski definition) is 3. The summed E-state index contributed by atoms with van der Waals surface area (Å²) in [6.07, 6.45) is 4.35. The summed E-state index contributed by atoms with van der Waals surface area (Å²) in [5.74, 6) is 0.102. The highest BCUT2D eigenvalue weighted by Crippen LogP contribution is 2.27. The van der Waals surface area contributed by atoms with Gasteiger partial charge in [-0.05, 0) is 27.8 Å². The molecule has 1 saturated heterocycles. The Bertz CT molecular complexity index is 443. The van der Waals surface area contributed by atoms with Crippen LogP contribution in [-0.2, 0) is 11.3 Å². The second kappa shape index (κ2) is 5.01. The largest absolute Gasteiger partial charge is 0.340 e. The third-order valence-corrected chi connectivity index (χ3v) is 3.97. The van der Waals surface area contributed by atoms with Crippen molar-refractivity contribution in [1.29, 1.82) is 0 Å². The number of rotatable bonds is 2. The molecule has 5 nitrogen and oxygen atoms in total. The lowest BCUT2D eigenvalue weighted by atomic mass is 9.80. The average molecular weight is 315 g/mol. The average Bonchev–Trinajstić information content (AvgIpc) is 2.68. The molecule has 2 rings (SSSR count). The predicted octanol–water partition coefficient (Wildman–Crippen LogP) is 1.23. The maximum absolute atomic E-state index is 12.2. The Kier molecular flexibility index (Phi) is 3.77. The van der Waals surface area contributed by atoms with Gasteiger partial charge in [-0.15, -0.1) is 0 Å². The van der Waals surface area contributed by atoms with Crippen LogP contribution in [0.15, 0.2) is 16.9 Å². The maximum atomic E-state index is 12.2. The molecule has 18 heavy (non-hydrogen) atoms. The number of hydrogen-bond donors (Lipinski definition) is 1. The van der Waals surface area contributed by atoms with Gasteiger partial charge in [0.2, 0.25) is 5.91 Å². The van der Waals surface area contributed by atoms with E-state index in [1.165, 1.54) is 0 Å². The van der Waals surface area contributed by atoms with Gasteiger partial charge in [-0.1, -0.05) is 13.8 Å².